The molecule has 0 aliphatic heterocycles. The van der Waals surface area contributed by atoms with Gasteiger partial charge in [-0.2, -0.15) is 0 Å². The van der Waals surface area contributed by atoms with Crippen molar-refractivity contribution in [2.45, 2.75) is 33.6 Å². The maximum absolute atomic E-state index is 6.15. The minimum absolute atomic E-state index is 0.464. The second kappa shape index (κ2) is 5.45. The van der Waals surface area contributed by atoms with E-state index in [0.717, 1.165) is 38.9 Å². The van der Waals surface area contributed by atoms with Crippen molar-refractivity contribution in [2.24, 2.45) is 0 Å². The van der Waals surface area contributed by atoms with Gasteiger partial charge < -0.3 is 4.42 Å². The lowest BCUT2D eigenvalue weighted by atomic mass is 9.97. The van der Waals surface area contributed by atoms with Crippen LogP contribution in [0.25, 0.3) is 33.3 Å². The summed E-state index contributed by atoms with van der Waals surface area (Å²) in [5.74, 6) is 0.464. The third-order valence-corrected chi connectivity index (χ3v) is 4.56. The van der Waals surface area contributed by atoms with Gasteiger partial charge in [0.1, 0.15) is 5.58 Å². The molecule has 3 nitrogen and oxygen atoms in total. The van der Waals surface area contributed by atoms with E-state index in [2.05, 4.69) is 61.1 Å². The maximum atomic E-state index is 6.15. The predicted octanol–water partition coefficient (Wildman–Crippen LogP) is 5.78. The van der Waals surface area contributed by atoms with Crippen LogP contribution in [-0.4, -0.2) is 9.97 Å². The Morgan fingerprint density at radius 3 is 2.54 bits per heavy atom. The van der Waals surface area contributed by atoms with E-state index in [1.54, 1.807) is 0 Å². The van der Waals surface area contributed by atoms with Gasteiger partial charge in [0.25, 0.3) is 0 Å². The van der Waals surface area contributed by atoms with Crippen LogP contribution in [0, 0.1) is 13.8 Å². The van der Waals surface area contributed by atoms with Crippen LogP contribution in [0.5, 0.6) is 0 Å². The Hall–Kier alpha value is -2.68. The molecule has 3 heterocycles. The molecule has 0 saturated heterocycles. The fourth-order valence-corrected chi connectivity index (χ4v) is 3.17. The van der Waals surface area contributed by atoms with Gasteiger partial charge in [0.2, 0.25) is 5.71 Å². The van der Waals surface area contributed by atoms with E-state index >= 15 is 0 Å². The number of aryl methyl sites for hydroxylation is 2. The summed E-state index contributed by atoms with van der Waals surface area (Å²) in [6, 6.07) is 12.6. The van der Waals surface area contributed by atoms with Crippen molar-refractivity contribution in [2.75, 3.05) is 0 Å². The number of furan rings is 1. The van der Waals surface area contributed by atoms with Gasteiger partial charge in [-0.05, 0) is 55.2 Å². The van der Waals surface area contributed by atoms with Gasteiger partial charge >= 0.3 is 0 Å². The van der Waals surface area contributed by atoms with Gasteiger partial charge in [-0.25, -0.2) is 4.98 Å². The molecule has 120 valence electrons. The number of aromatic nitrogens is 2. The number of nitrogens with zero attached hydrogens (tertiary/aromatic N) is 2. The van der Waals surface area contributed by atoms with Gasteiger partial charge in [-0.3, -0.25) is 4.98 Å². The molecule has 0 fully saturated rings. The molecule has 0 N–H and O–H groups in total. The van der Waals surface area contributed by atoms with Crippen molar-refractivity contribution in [3.05, 3.63) is 59.4 Å². The second-order valence-corrected chi connectivity index (χ2v) is 6.67. The van der Waals surface area contributed by atoms with Crippen LogP contribution in [0.2, 0.25) is 0 Å². The van der Waals surface area contributed by atoms with E-state index in [0.29, 0.717) is 11.6 Å². The Balaban J connectivity index is 2.06. The fraction of sp³-hybridized carbons (Fsp3) is 0.238. The molecule has 4 rings (SSSR count). The summed E-state index contributed by atoms with van der Waals surface area (Å²) in [5.41, 5.74) is 6.98. The zero-order valence-electron chi connectivity index (χ0n) is 14.4. The number of rotatable bonds is 2. The van der Waals surface area contributed by atoms with E-state index in [1.165, 1.54) is 5.56 Å². The topological polar surface area (TPSA) is 38.9 Å². The minimum atomic E-state index is 0.464. The molecule has 3 aromatic heterocycles. The van der Waals surface area contributed by atoms with Gasteiger partial charge in [-0.1, -0.05) is 26.0 Å². The first-order valence-corrected chi connectivity index (χ1v) is 8.30. The predicted molar refractivity (Wildman–Crippen MR) is 98.3 cm³/mol. The maximum Gasteiger partial charge on any atom is 0.227 e. The molecule has 0 bridgehead atoms. The van der Waals surface area contributed by atoms with Crippen molar-refractivity contribution < 1.29 is 4.42 Å². The first-order chi connectivity index (χ1) is 11.5. The number of benzene rings is 1. The first kappa shape index (κ1) is 14.9. The lowest BCUT2D eigenvalue weighted by Gasteiger charge is -2.10. The van der Waals surface area contributed by atoms with Crippen LogP contribution in [0.1, 0.15) is 36.6 Å². The van der Waals surface area contributed by atoms with Crippen LogP contribution in [0.4, 0.5) is 0 Å². The molecule has 0 unspecified atom stereocenters. The molecule has 0 atom stereocenters. The van der Waals surface area contributed by atoms with Gasteiger partial charge in [0.15, 0.2) is 0 Å². The molecule has 24 heavy (non-hydrogen) atoms. The highest BCUT2D eigenvalue weighted by Crippen LogP contribution is 2.37. The molecule has 0 aliphatic carbocycles. The highest BCUT2D eigenvalue weighted by Gasteiger charge is 2.16. The quantitative estimate of drug-likeness (QED) is 0.470. The number of pyridine rings is 2. The number of hydrogen-bond acceptors (Lipinski definition) is 3. The zero-order valence-corrected chi connectivity index (χ0v) is 14.4. The van der Waals surface area contributed by atoms with E-state index in [4.69, 9.17) is 4.42 Å². The summed E-state index contributed by atoms with van der Waals surface area (Å²) in [6.45, 7) is 8.47. The largest absolute Gasteiger partial charge is 0.437 e. The van der Waals surface area contributed by atoms with Gasteiger partial charge in [-0.15, -0.1) is 0 Å². The van der Waals surface area contributed by atoms with Crippen molar-refractivity contribution in [3.8, 4) is 11.3 Å². The SMILES string of the molecule is Cc1ccc2c(n1)oc1c(-c3cc(C(C)C)ccn3)c(C)ccc12. The third kappa shape index (κ3) is 2.28. The van der Waals surface area contributed by atoms with Crippen LogP contribution < -0.4 is 0 Å². The first-order valence-electron chi connectivity index (χ1n) is 8.30. The van der Waals surface area contributed by atoms with E-state index in [1.807, 2.05) is 19.2 Å². The van der Waals surface area contributed by atoms with Crippen LogP contribution >= 0.6 is 0 Å². The molecule has 0 aliphatic rings. The summed E-state index contributed by atoms with van der Waals surface area (Å²) in [6.07, 6.45) is 1.88. The third-order valence-electron chi connectivity index (χ3n) is 4.56. The van der Waals surface area contributed by atoms with Crippen LogP contribution in [0.3, 0.4) is 0 Å². The van der Waals surface area contributed by atoms with E-state index < -0.39 is 0 Å². The fourth-order valence-electron chi connectivity index (χ4n) is 3.17. The van der Waals surface area contributed by atoms with Crippen molar-refractivity contribution in [1.82, 2.24) is 9.97 Å². The lowest BCUT2D eigenvalue weighted by molar-refractivity contribution is 0.653. The Morgan fingerprint density at radius 2 is 1.75 bits per heavy atom. The molecule has 1 aromatic carbocycles. The summed E-state index contributed by atoms with van der Waals surface area (Å²) in [5, 5.41) is 2.15. The Bertz CT molecular complexity index is 1060. The summed E-state index contributed by atoms with van der Waals surface area (Å²) >= 11 is 0. The molecule has 0 spiro atoms. The van der Waals surface area contributed by atoms with Crippen molar-refractivity contribution in [1.29, 1.82) is 0 Å². The Morgan fingerprint density at radius 1 is 0.958 bits per heavy atom. The second-order valence-electron chi connectivity index (χ2n) is 6.67. The zero-order chi connectivity index (χ0) is 16.8. The van der Waals surface area contributed by atoms with E-state index in [-0.39, 0.29) is 0 Å². The summed E-state index contributed by atoms with van der Waals surface area (Å²) in [7, 11) is 0. The average molecular weight is 316 g/mol. The van der Waals surface area contributed by atoms with Crippen molar-refractivity contribution in [3.63, 3.8) is 0 Å². The average Bonchev–Trinajstić information content (AvgIpc) is 2.91. The highest BCUT2D eigenvalue weighted by molar-refractivity contribution is 6.08. The monoisotopic (exact) mass is 316 g/mol. The van der Waals surface area contributed by atoms with E-state index in [9.17, 15) is 0 Å². The summed E-state index contributed by atoms with van der Waals surface area (Å²) in [4.78, 5) is 9.15. The molecule has 0 radical (unpaired) electrons. The molecule has 3 heteroatoms. The smallest absolute Gasteiger partial charge is 0.227 e. The standard InChI is InChI=1S/C21H20N2O/c1-12(2)15-9-10-22-18(11-15)19-13(3)5-7-16-17-8-6-14(4)23-21(17)24-20(16)19/h5-12H,1-4H3. The molecule has 4 aromatic rings. The normalized spacial score (nSPS) is 11.7. The van der Waals surface area contributed by atoms with Gasteiger partial charge in [0.05, 0.1) is 5.69 Å². The Labute approximate surface area is 141 Å². The van der Waals surface area contributed by atoms with Crippen molar-refractivity contribution >= 4 is 22.1 Å². The molecular weight excluding hydrogens is 296 g/mol. The summed E-state index contributed by atoms with van der Waals surface area (Å²) < 4.78 is 6.15. The van der Waals surface area contributed by atoms with Gasteiger partial charge in [0, 0.05) is 28.2 Å². The minimum Gasteiger partial charge on any atom is -0.437 e. The molecule has 0 saturated carbocycles. The van der Waals surface area contributed by atoms with Crippen LogP contribution in [-0.2, 0) is 0 Å². The molecular formula is C21H20N2O. The number of fused-ring (bicyclic) bond motifs is 3. The van der Waals surface area contributed by atoms with Crippen LogP contribution in [0.15, 0.2) is 47.0 Å². The Kier molecular flexibility index (Phi) is 3.38. The highest BCUT2D eigenvalue weighted by atomic mass is 16.3. The number of hydrogen-bond donors (Lipinski definition) is 0. The lowest BCUT2D eigenvalue weighted by Crippen LogP contribution is -1.92. The molecule has 0 amide bonds.